The third kappa shape index (κ3) is 4.72. The number of nitrogens with one attached hydrogen (secondary N) is 2. The van der Waals surface area contributed by atoms with E-state index in [1.165, 1.54) is 7.11 Å². The van der Waals surface area contributed by atoms with Gasteiger partial charge in [0, 0.05) is 24.5 Å². The van der Waals surface area contributed by atoms with Crippen molar-refractivity contribution in [2.75, 3.05) is 13.7 Å². The molecule has 0 saturated carbocycles. The summed E-state index contributed by atoms with van der Waals surface area (Å²) >= 11 is 0. The highest BCUT2D eigenvalue weighted by Gasteiger charge is 2.10. The predicted octanol–water partition coefficient (Wildman–Crippen LogP) is 1.93. The van der Waals surface area contributed by atoms with Crippen LogP contribution in [0.25, 0.3) is 5.69 Å². The molecule has 0 saturated heterocycles. The lowest BCUT2D eigenvalue weighted by Crippen LogP contribution is -2.36. The van der Waals surface area contributed by atoms with Crippen LogP contribution in [-0.2, 0) is 11.3 Å². The number of hydrogen-bond acceptors (Lipinski definition) is 4. The van der Waals surface area contributed by atoms with Gasteiger partial charge in [0.05, 0.1) is 19.3 Å². The number of amides is 2. The Bertz CT molecular complexity index is 922. The quantitative estimate of drug-likeness (QED) is 0.671. The maximum absolute atomic E-state index is 12.1. The van der Waals surface area contributed by atoms with Gasteiger partial charge in [-0.25, -0.2) is 4.68 Å². The normalized spacial score (nSPS) is 10.3. The molecule has 0 aliphatic carbocycles. The van der Waals surface area contributed by atoms with Gasteiger partial charge in [0.15, 0.2) is 0 Å². The third-order valence-electron chi connectivity index (χ3n) is 3.96. The number of carbonyl (C=O) groups excluding carboxylic acids is 2. The molecule has 0 spiro atoms. The standard InChI is InChI=1S/C20H20N4O3/c1-27-17-8-4-7-15(12-17)20(26)22-14-19(25)21-13-16-6-2-3-9-18(16)24-11-5-10-23-24/h2-12H,13-14H2,1H3,(H,21,25)(H,22,26). The van der Waals surface area contributed by atoms with Crippen molar-refractivity contribution < 1.29 is 14.3 Å². The molecule has 7 nitrogen and oxygen atoms in total. The van der Waals surface area contributed by atoms with Crippen LogP contribution in [0.2, 0.25) is 0 Å². The molecule has 2 aromatic carbocycles. The summed E-state index contributed by atoms with van der Waals surface area (Å²) in [6, 6.07) is 16.3. The van der Waals surface area contributed by atoms with E-state index in [1.807, 2.05) is 36.5 Å². The number of hydrogen-bond donors (Lipinski definition) is 2. The first-order chi connectivity index (χ1) is 13.2. The van der Waals surface area contributed by atoms with Gasteiger partial charge in [0.2, 0.25) is 5.91 Å². The van der Waals surface area contributed by atoms with Crippen molar-refractivity contribution in [3.05, 3.63) is 78.1 Å². The summed E-state index contributed by atoms with van der Waals surface area (Å²) in [5.74, 6) is -0.0233. The van der Waals surface area contributed by atoms with Crippen LogP contribution in [0.3, 0.4) is 0 Å². The number of nitrogens with zero attached hydrogens (tertiary/aromatic N) is 2. The highest BCUT2D eigenvalue weighted by Crippen LogP contribution is 2.13. The number of rotatable bonds is 7. The van der Waals surface area contributed by atoms with Gasteiger partial charge >= 0.3 is 0 Å². The monoisotopic (exact) mass is 364 g/mol. The highest BCUT2D eigenvalue weighted by molar-refractivity contribution is 5.96. The van der Waals surface area contributed by atoms with Crippen molar-refractivity contribution in [2.24, 2.45) is 0 Å². The van der Waals surface area contributed by atoms with E-state index in [9.17, 15) is 9.59 Å². The molecule has 0 aliphatic rings. The Balaban J connectivity index is 1.54. The number of methoxy groups -OCH3 is 1. The van der Waals surface area contributed by atoms with E-state index in [0.717, 1.165) is 11.3 Å². The van der Waals surface area contributed by atoms with Gasteiger partial charge in [-0.3, -0.25) is 9.59 Å². The average Bonchev–Trinajstić information content (AvgIpc) is 3.25. The Morgan fingerprint density at radius 2 is 1.93 bits per heavy atom. The minimum atomic E-state index is -0.332. The number of ether oxygens (including phenoxy) is 1. The topological polar surface area (TPSA) is 85.2 Å². The molecule has 0 fully saturated rings. The van der Waals surface area contributed by atoms with E-state index >= 15 is 0 Å². The zero-order valence-electron chi connectivity index (χ0n) is 14.9. The molecular weight excluding hydrogens is 344 g/mol. The predicted molar refractivity (Wildman–Crippen MR) is 101 cm³/mol. The fourth-order valence-corrected chi connectivity index (χ4v) is 2.58. The van der Waals surface area contributed by atoms with E-state index in [1.54, 1.807) is 35.1 Å². The van der Waals surface area contributed by atoms with Crippen molar-refractivity contribution in [1.82, 2.24) is 20.4 Å². The molecular formula is C20H20N4O3. The largest absolute Gasteiger partial charge is 0.497 e. The van der Waals surface area contributed by atoms with Gasteiger partial charge in [-0.15, -0.1) is 0 Å². The van der Waals surface area contributed by atoms with Crippen LogP contribution >= 0.6 is 0 Å². The summed E-state index contributed by atoms with van der Waals surface area (Å²) in [5.41, 5.74) is 2.25. The average molecular weight is 364 g/mol. The van der Waals surface area contributed by atoms with E-state index in [0.29, 0.717) is 17.9 Å². The maximum Gasteiger partial charge on any atom is 0.251 e. The first-order valence-electron chi connectivity index (χ1n) is 8.44. The second kappa shape index (κ2) is 8.66. The van der Waals surface area contributed by atoms with Crippen LogP contribution in [0.5, 0.6) is 5.75 Å². The smallest absolute Gasteiger partial charge is 0.251 e. The zero-order chi connectivity index (χ0) is 19.1. The van der Waals surface area contributed by atoms with Gasteiger partial charge in [-0.05, 0) is 35.9 Å². The van der Waals surface area contributed by atoms with Gasteiger partial charge in [0.25, 0.3) is 5.91 Å². The van der Waals surface area contributed by atoms with Crippen LogP contribution in [0, 0.1) is 0 Å². The number of aromatic nitrogens is 2. The Labute approximate surface area is 157 Å². The Hall–Kier alpha value is -3.61. The molecule has 2 amide bonds. The fraction of sp³-hybridized carbons (Fsp3) is 0.150. The molecule has 3 aromatic rings. The molecule has 1 heterocycles. The maximum atomic E-state index is 12.1. The summed E-state index contributed by atoms with van der Waals surface area (Å²) in [5, 5.41) is 9.63. The van der Waals surface area contributed by atoms with Crippen molar-refractivity contribution in [2.45, 2.75) is 6.54 Å². The first-order valence-corrected chi connectivity index (χ1v) is 8.44. The molecule has 0 radical (unpaired) electrons. The Morgan fingerprint density at radius 1 is 1.07 bits per heavy atom. The van der Waals surface area contributed by atoms with Gasteiger partial charge in [-0.2, -0.15) is 5.10 Å². The molecule has 138 valence electrons. The fourth-order valence-electron chi connectivity index (χ4n) is 2.58. The zero-order valence-corrected chi connectivity index (χ0v) is 14.9. The molecule has 0 aliphatic heterocycles. The molecule has 0 atom stereocenters. The molecule has 0 bridgehead atoms. The van der Waals surface area contributed by atoms with Crippen molar-refractivity contribution in [3.63, 3.8) is 0 Å². The summed E-state index contributed by atoms with van der Waals surface area (Å²) in [6.45, 7) is 0.226. The Morgan fingerprint density at radius 3 is 2.70 bits per heavy atom. The molecule has 1 aromatic heterocycles. The SMILES string of the molecule is COc1cccc(C(=O)NCC(=O)NCc2ccccc2-n2cccn2)c1. The lowest BCUT2D eigenvalue weighted by atomic mass is 10.1. The highest BCUT2D eigenvalue weighted by atomic mass is 16.5. The first kappa shape index (κ1) is 18.2. The summed E-state index contributed by atoms with van der Waals surface area (Å²) in [4.78, 5) is 24.2. The van der Waals surface area contributed by atoms with Crippen LogP contribution in [-0.4, -0.2) is 35.2 Å². The van der Waals surface area contributed by atoms with Crippen LogP contribution < -0.4 is 15.4 Å². The van der Waals surface area contributed by atoms with Gasteiger partial charge in [0.1, 0.15) is 5.75 Å². The molecule has 0 unspecified atom stereocenters. The number of carbonyl (C=O) groups is 2. The Kier molecular flexibility index (Phi) is 5.84. The van der Waals surface area contributed by atoms with E-state index in [-0.39, 0.29) is 18.4 Å². The van der Waals surface area contributed by atoms with Crippen LogP contribution in [0.4, 0.5) is 0 Å². The van der Waals surface area contributed by atoms with Crippen molar-refractivity contribution in [3.8, 4) is 11.4 Å². The summed E-state index contributed by atoms with van der Waals surface area (Å²) < 4.78 is 6.84. The molecule has 3 rings (SSSR count). The molecule has 2 N–H and O–H groups in total. The number of benzene rings is 2. The lowest BCUT2D eigenvalue weighted by Gasteiger charge is -2.11. The molecule has 27 heavy (non-hydrogen) atoms. The van der Waals surface area contributed by atoms with Crippen molar-refractivity contribution >= 4 is 11.8 Å². The minimum absolute atomic E-state index is 0.111. The minimum Gasteiger partial charge on any atom is -0.497 e. The van der Waals surface area contributed by atoms with E-state index in [2.05, 4.69) is 15.7 Å². The summed E-state index contributed by atoms with van der Waals surface area (Å²) in [7, 11) is 1.53. The van der Waals surface area contributed by atoms with E-state index < -0.39 is 0 Å². The van der Waals surface area contributed by atoms with Crippen LogP contribution in [0.15, 0.2) is 67.0 Å². The van der Waals surface area contributed by atoms with Gasteiger partial charge in [-0.1, -0.05) is 24.3 Å². The van der Waals surface area contributed by atoms with Crippen molar-refractivity contribution in [1.29, 1.82) is 0 Å². The second-order valence-corrected chi connectivity index (χ2v) is 5.77. The van der Waals surface area contributed by atoms with Crippen LogP contribution in [0.1, 0.15) is 15.9 Å². The summed E-state index contributed by atoms with van der Waals surface area (Å²) in [6.07, 6.45) is 3.54. The second-order valence-electron chi connectivity index (χ2n) is 5.77. The molecule has 7 heteroatoms. The lowest BCUT2D eigenvalue weighted by molar-refractivity contribution is -0.120. The third-order valence-corrected chi connectivity index (χ3v) is 3.96. The number of para-hydroxylation sites is 1. The van der Waals surface area contributed by atoms with E-state index in [4.69, 9.17) is 4.74 Å². The van der Waals surface area contributed by atoms with Gasteiger partial charge < -0.3 is 15.4 Å².